The van der Waals surface area contributed by atoms with E-state index in [1.54, 1.807) is 11.8 Å². The number of benzene rings is 2. The molecule has 1 fully saturated rings. The molecule has 1 saturated heterocycles. The molecule has 0 aromatic heterocycles. The van der Waals surface area contributed by atoms with E-state index < -0.39 is 0 Å². The van der Waals surface area contributed by atoms with Crippen molar-refractivity contribution < 1.29 is 4.79 Å². The predicted octanol–water partition coefficient (Wildman–Crippen LogP) is 3.66. The molecular weight excluding hydrogens is 366 g/mol. The zero-order chi connectivity index (χ0) is 19.8. The van der Waals surface area contributed by atoms with Gasteiger partial charge >= 0.3 is 0 Å². The standard InChI is InChI=1S/C23H31N3OS/c1-25-15-16-26(22(17-25)20-7-4-3-5-8-20)14-6-13-24-23(27)21-11-9-19(10-12-21)18-28-2/h3-5,7-12,22H,6,13-18H2,1-2H3,(H,24,27). The number of amides is 1. The zero-order valence-corrected chi connectivity index (χ0v) is 17.8. The van der Waals surface area contributed by atoms with E-state index in [9.17, 15) is 4.79 Å². The third-order valence-corrected chi connectivity index (χ3v) is 5.94. The van der Waals surface area contributed by atoms with Crippen molar-refractivity contribution in [3.63, 3.8) is 0 Å². The minimum atomic E-state index is 0.0219. The van der Waals surface area contributed by atoms with Gasteiger partial charge < -0.3 is 10.2 Å². The fourth-order valence-corrected chi connectivity index (χ4v) is 4.25. The lowest BCUT2D eigenvalue weighted by Crippen LogP contribution is -2.47. The van der Waals surface area contributed by atoms with E-state index in [4.69, 9.17) is 0 Å². The summed E-state index contributed by atoms with van der Waals surface area (Å²) in [6, 6.07) is 19.1. The Balaban J connectivity index is 1.47. The first-order valence-electron chi connectivity index (χ1n) is 10.0. The van der Waals surface area contributed by atoms with Gasteiger partial charge in [-0.05, 0) is 43.0 Å². The number of carbonyl (C=O) groups is 1. The fourth-order valence-electron chi connectivity index (χ4n) is 3.72. The van der Waals surface area contributed by atoms with Crippen LogP contribution in [0.15, 0.2) is 54.6 Å². The third-order valence-electron chi connectivity index (χ3n) is 5.31. The molecule has 0 saturated carbocycles. The van der Waals surface area contributed by atoms with Crippen LogP contribution in [0.3, 0.4) is 0 Å². The lowest BCUT2D eigenvalue weighted by atomic mass is 10.0. The highest BCUT2D eigenvalue weighted by molar-refractivity contribution is 7.97. The summed E-state index contributed by atoms with van der Waals surface area (Å²) in [5, 5.41) is 3.07. The number of nitrogens with zero attached hydrogens (tertiary/aromatic N) is 2. The molecule has 28 heavy (non-hydrogen) atoms. The first-order chi connectivity index (χ1) is 13.7. The maximum absolute atomic E-state index is 12.4. The molecule has 0 spiro atoms. The number of likely N-dealkylation sites (N-methyl/N-ethyl adjacent to an activating group) is 1. The summed E-state index contributed by atoms with van der Waals surface area (Å²) >= 11 is 1.79. The van der Waals surface area contributed by atoms with Gasteiger partial charge in [-0.2, -0.15) is 11.8 Å². The Hall–Kier alpha value is -1.82. The van der Waals surface area contributed by atoms with Gasteiger partial charge in [0.05, 0.1) is 0 Å². The third kappa shape index (κ3) is 5.84. The Morgan fingerprint density at radius 1 is 1.11 bits per heavy atom. The van der Waals surface area contributed by atoms with Crippen LogP contribution in [0.2, 0.25) is 0 Å². The summed E-state index contributed by atoms with van der Waals surface area (Å²) in [5.74, 6) is 1.00. The molecule has 1 N–H and O–H groups in total. The van der Waals surface area contributed by atoms with Crippen LogP contribution in [0.25, 0.3) is 0 Å². The number of rotatable bonds is 8. The summed E-state index contributed by atoms with van der Waals surface area (Å²) in [7, 11) is 2.19. The SMILES string of the molecule is CSCc1ccc(C(=O)NCCCN2CCN(C)CC2c2ccccc2)cc1. The molecule has 1 unspecified atom stereocenters. The number of nitrogens with one attached hydrogen (secondary N) is 1. The van der Waals surface area contributed by atoms with E-state index >= 15 is 0 Å². The van der Waals surface area contributed by atoms with Crippen molar-refractivity contribution >= 4 is 17.7 Å². The number of thioether (sulfide) groups is 1. The van der Waals surface area contributed by atoms with E-state index in [0.29, 0.717) is 12.6 Å². The normalized spacial score (nSPS) is 18.1. The van der Waals surface area contributed by atoms with Crippen LogP contribution >= 0.6 is 11.8 Å². The molecule has 2 aromatic carbocycles. The molecule has 1 aliphatic heterocycles. The van der Waals surface area contributed by atoms with Crippen LogP contribution in [-0.4, -0.2) is 61.7 Å². The topological polar surface area (TPSA) is 35.6 Å². The van der Waals surface area contributed by atoms with Crippen molar-refractivity contribution in [3.8, 4) is 0 Å². The molecule has 4 nitrogen and oxygen atoms in total. The summed E-state index contributed by atoms with van der Waals surface area (Å²) in [4.78, 5) is 17.3. The maximum Gasteiger partial charge on any atom is 0.251 e. The van der Waals surface area contributed by atoms with Gasteiger partial charge in [-0.25, -0.2) is 0 Å². The van der Waals surface area contributed by atoms with Crippen LogP contribution in [-0.2, 0) is 5.75 Å². The van der Waals surface area contributed by atoms with Gasteiger partial charge in [-0.1, -0.05) is 42.5 Å². The smallest absolute Gasteiger partial charge is 0.251 e. The Labute approximate surface area is 173 Å². The van der Waals surface area contributed by atoms with Gasteiger partial charge in [-0.3, -0.25) is 9.69 Å². The van der Waals surface area contributed by atoms with Crippen molar-refractivity contribution in [1.82, 2.24) is 15.1 Å². The Morgan fingerprint density at radius 3 is 2.57 bits per heavy atom. The minimum absolute atomic E-state index is 0.0219. The molecule has 0 aliphatic carbocycles. The molecule has 150 valence electrons. The van der Waals surface area contributed by atoms with Crippen molar-refractivity contribution in [2.75, 3.05) is 46.0 Å². The van der Waals surface area contributed by atoms with Crippen molar-refractivity contribution in [2.45, 2.75) is 18.2 Å². The summed E-state index contributed by atoms with van der Waals surface area (Å²) in [6.45, 7) is 4.93. The van der Waals surface area contributed by atoms with Crippen LogP contribution in [0.4, 0.5) is 0 Å². The van der Waals surface area contributed by atoms with E-state index in [2.05, 4.69) is 58.8 Å². The number of piperazine rings is 1. The van der Waals surface area contributed by atoms with Gasteiger partial charge in [0.25, 0.3) is 5.91 Å². The van der Waals surface area contributed by atoms with Crippen LogP contribution < -0.4 is 5.32 Å². The lowest BCUT2D eigenvalue weighted by molar-refractivity contribution is 0.0866. The fraction of sp³-hybridized carbons (Fsp3) is 0.435. The van der Waals surface area contributed by atoms with Crippen LogP contribution in [0.1, 0.15) is 33.9 Å². The predicted molar refractivity (Wildman–Crippen MR) is 119 cm³/mol. The number of hydrogen-bond acceptors (Lipinski definition) is 4. The van der Waals surface area contributed by atoms with Crippen molar-refractivity contribution in [1.29, 1.82) is 0 Å². The molecule has 0 bridgehead atoms. The first-order valence-corrected chi connectivity index (χ1v) is 11.4. The molecule has 5 heteroatoms. The average Bonchev–Trinajstić information content (AvgIpc) is 2.73. The van der Waals surface area contributed by atoms with E-state index in [1.165, 1.54) is 11.1 Å². The molecular formula is C23H31N3OS. The van der Waals surface area contributed by atoms with Crippen molar-refractivity contribution in [2.24, 2.45) is 0 Å². The molecule has 1 aliphatic rings. The van der Waals surface area contributed by atoms with Gasteiger partial charge in [0, 0.05) is 50.1 Å². The van der Waals surface area contributed by atoms with E-state index in [-0.39, 0.29) is 5.91 Å². The highest BCUT2D eigenvalue weighted by atomic mass is 32.2. The Kier molecular flexibility index (Phi) is 7.95. The minimum Gasteiger partial charge on any atom is -0.352 e. The van der Waals surface area contributed by atoms with Gasteiger partial charge in [0.1, 0.15) is 0 Å². The second-order valence-electron chi connectivity index (χ2n) is 7.46. The van der Waals surface area contributed by atoms with Gasteiger partial charge in [0.15, 0.2) is 0 Å². The molecule has 1 heterocycles. The van der Waals surface area contributed by atoms with Gasteiger partial charge in [-0.15, -0.1) is 0 Å². The lowest BCUT2D eigenvalue weighted by Gasteiger charge is -2.40. The second-order valence-corrected chi connectivity index (χ2v) is 8.33. The zero-order valence-electron chi connectivity index (χ0n) is 16.9. The van der Waals surface area contributed by atoms with E-state index in [1.807, 2.05) is 24.3 Å². The van der Waals surface area contributed by atoms with E-state index in [0.717, 1.165) is 43.9 Å². The summed E-state index contributed by atoms with van der Waals surface area (Å²) in [6.07, 6.45) is 3.05. The Morgan fingerprint density at radius 2 is 1.86 bits per heavy atom. The summed E-state index contributed by atoms with van der Waals surface area (Å²) < 4.78 is 0. The monoisotopic (exact) mass is 397 g/mol. The van der Waals surface area contributed by atoms with Crippen molar-refractivity contribution in [3.05, 3.63) is 71.3 Å². The second kappa shape index (κ2) is 10.6. The summed E-state index contributed by atoms with van der Waals surface area (Å²) in [5.41, 5.74) is 3.38. The molecule has 1 amide bonds. The highest BCUT2D eigenvalue weighted by Crippen LogP contribution is 2.24. The highest BCUT2D eigenvalue weighted by Gasteiger charge is 2.25. The Bertz CT molecular complexity index is 735. The quantitative estimate of drug-likeness (QED) is 0.690. The molecule has 0 radical (unpaired) electrons. The molecule has 2 aromatic rings. The van der Waals surface area contributed by atoms with Crippen LogP contribution in [0.5, 0.6) is 0 Å². The largest absolute Gasteiger partial charge is 0.352 e. The van der Waals surface area contributed by atoms with Gasteiger partial charge in [0.2, 0.25) is 0 Å². The molecule has 3 rings (SSSR count). The van der Waals surface area contributed by atoms with Crippen LogP contribution in [0, 0.1) is 0 Å². The average molecular weight is 398 g/mol. The first kappa shape index (κ1) is 20.9. The molecule has 1 atom stereocenters. The maximum atomic E-state index is 12.4. The number of carbonyl (C=O) groups excluding carboxylic acids is 1. The number of hydrogen-bond donors (Lipinski definition) is 1.